The van der Waals surface area contributed by atoms with Gasteiger partial charge in [-0.25, -0.2) is 4.79 Å². The van der Waals surface area contributed by atoms with Gasteiger partial charge in [-0.15, -0.1) is 23.5 Å². The molecule has 1 aromatic carbocycles. The van der Waals surface area contributed by atoms with E-state index < -0.39 is 29.2 Å². The fourth-order valence-electron chi connectivity index (χ4n) is 3.87. The van der Waals surface area contributed by atoms with Crippen molar-refractivity contribution in [2.75, 3.05) is 11.5 Å². The SMILES string of the molecule is O=C(CC1=C(O)CC(O)=CC1)NC1C(=O)N2C(C(=O)O)=C(CSc3ccc(Cl)cc3Cl)CS[C@@H]12. The molecule has 4 rings (SSSR count). The van der Waals surface area contributed by atoms with Crippen LogP contribution in [0.4, 0.5) is 0 Å². The van der Waals surface area contributed by atoms with Crippen LogP contribution in [0.3, 0.4) is 0 Å². The molecular weight excluding hydrogens is 523 g/mol. The van der Waals surface area contributed by atoms with Crippen LogP contribution in [0.2, 0.25) is 10.0 Å². The molecule has 34 heavy (non-hydrogen) atoms. The number of halogens is 2. The maximum Gasteiger partial charge on any atom is 0.352 e. The predicted molar refractivity (Wildman–Crippen MR) is 131 cm³/mol. The van der Waals surface area contributed by atoms with Crippen LogP contribution < -0.4 is 5.32 Å². The number of β-lactam (4-membered cyclic amide) rings is 1. The Bertz CT molecular complexity index is 1170. The number of nitrogens with one attached hydrogen (secondary N) is 1. The van der Waals surface area contributed by atoms with Gasteiger partial charge in [-0.3, -0.25) is 14.5 Å². The first-order chi connectivity index (χ1) is 16.2. The number of hydrogen-bond acceptors (Lipinski definition) is 7. The minimum atomic E-state index is -1.20. The monoisotopic (exact) mass is 542 g/mol. The maximum absolute atomic E-state index is 12.8. The number of allylic oxidation sites excluding steroid dienone is 1. The third kappa shape index (κ3) is 5.05. The van der Waals surface area contributed by atoms with Crippen LogP contribution in [-0.4, -0.2) is 60.9 Å². The number of benzene rings is 1. The van der Waals surface area contributed by atoms with Crippen LogP contribution in [-0.2, 0) is 14.4 Å². The summed E-state index contributed by atoms with van der Waals surface area (Å²) in [5.74, 6) is -1.43. The second kappa shape index (κ2) is 10.2. The van der Waals surface area contributed by atoms with E-state index in [2.05, 4.69) is 5.32 Å². The fraction of sp³-hybridized carbons (Fsp3) is 0.318. The molecule has 2 atom stereocenters. The van der Waals surface area contributed by atoms with Crippen LogP contribution in [0.5, 0.6) is 0 Å². The standard InChI is InChI=1S/C22H20Cl2N2O6S2/c23-12-2-4-16(14(24)6-12)33-8-11-9-34-21-18(20(30)26(21)19(11)22(31)32)25-17(29)5-10-1-3-13(27)7-15(10)28/h2-4,6,18,21,27-28H,1,5,7-9H2,(H,25,29)(H,31,32)/t18?,21-/m0/s1. The lowest BCUT2D eigenvalue weighted by molar-refractivity contribution is -0.150. The minimum Gasteiger partial charge on any atom is -0.512 e. The molecule has 4 N–H and O–H groups in total. The van der Waals surface area contributed by atoms with E-state index in [1.807, 2.05) is 0 Å². The molecule has 1 aliphatic carbocycles. The zero-order valence-corrected chi connectivity index (χ0v) is 20.7. The van der Waals surface area contributed by atoms with Gasteiger partial charge >= 0.3 is 5.97 Å². The number of hydrogen-bond donors (Lipinski definition) is 4. The van der Waals surface area contributed by atoms with Gasteiger partial charge < -0.3 is 20.6 Å². The molecule has 12 heteroatoms. The van der Waals surface area contributed by atoms with Crippen molar-refractivity contribution in [3.05, 3.63) is 62.7 Å². The number of nitrogens with zero attached hydrogens (tertiary/aromatic N) is 1. The van der Waals surface area contributed by atoms with E-state index in [1.165, 1.54) is 34.5 Å². The second-order valence-electron chi connectivity index (χ2n) is 7.88. The first-order valence-corrected chi connectivity index (χ1v) is 13.0. The zero-order chi connectivity index (χ0) is 24.6. The van der Waals surface area contributed by atoms with E-state index in [9.17, 15) is 29.7 Å². The summed E-state index contributed by atoms with van der Waals surface area (Å²) < 4.78 is 0. The smallest absolute Gasteiger partial charge is 0.352 e. The van der Waals surface area contributed by atoms with Crippen LogP contribution in [0.25, 0.3) is 0 Å². The van der Waals surface area contributed by atoms with E-state index in [4.69, 9.17) is 23.2 Å². The van der Waals surface area contributed by atoms with Crippen molar-refractivity contribution in [3.63, 3.8) is 0 Å². The number of aliphatic carboxylic acids is 1. The number of fused-ring (bicyclic) bond motifs is 1. The summed E-state index contributed by atoms with van der Waals surface area (Å²) in [5.41, 5.74) is 0.998. The first kappa shape index (κ1) is 24.8. The number of aliphatic hydroxyl groups excluding tert-OH is 2. The van der Waals surface area contributed by atoms with E-state index >= 15 is 0 Å². The van der Waals surface area contributed by atoms with E-state index in [1.54, 1.807) is 18.2 Å². The van der Waals surface area contributed by atoms with Gasteiger partial charge in [0.15, 0.2) is 0 Å². The topological polar surface area (TPSA) is 127 Å². The van der Waals surface area contributed by atoms with Gasteiger partial charge in [0, 0.05) is 21.4 Å². The van der Waals surface area contributed by atoms with E-state index in [0.717, 1.165) is 4.90 Å². The lowest BCUT2D eigenvalue weighted by Gasteiger charge is -2.49. The van der Waals surface area contributed by atoms with Crippen molar-refractivity contribution in [2.24, 2.45) is 0 Å². The quantitative estimate of drug-likeness (QED) is 0.297. The lowest BCUT2D eigenvalue weighted by Crippen LogP contribution is -2.70. The highest BCUT2D eigenvalue weighted by atomic mass is 35.5. The van der Waals surface area contributed by atoms with Crippen LogP contribution in [0.15, 0.2) is 57.5 Å². The van der Waals surface area contributed by atoms with Crippen LogP contribution in [0.1, 0.15) is 19.3 Å². The average Bonchev–Trinajstić information content (AvgIpc) is 2.78. The number of amides is 2. The van der Waals surface area contributed by atoms with Crippen LogP contribution in [0, 0.1) is 0 Å². The number of aliphatic hydroxyl groups is 2. The number of carbonyl (C=O) groups is 3. The molecule has 1 saturated heterocycles. The Balaban J connectivity index is 1.42. The molecule has 180 valence electrons. The lowest BCUT2D eigenvalue weighted by atomic mass is 9.98. The Morgan fingerprint density at radius 1 is 1.24 bits per heavy atom. The molecule has 2 heterocycles. The molecule has 0 aromatic heterocycles. The number of rotatable bonds is 7. The molecule has 1 aromatic rings. The number of thioether (sulfide) groups is 2. The van der Waals surface area contributed by atoms with Gasteiger partial charge in [0.1, 0.15) is 17.1 Å². The largest absolute Gasteiger partial charge is 0.512 e. The summed E-state index contributed by atoms with van der Waals surface area (Å²) in [6.45, 7) is 0. The summed E-state index contributed by atoms with van der Waals surface area (Å²) in [6, 6.07) is 4.22. The minimum absolute atomic E-state index is 0.0218. The van der Waals surface area contributed by atoms with Crippen LogP contribution >= 0.6 is 46.7 Å². The average molecular weight is 543 g/mol. The number of carboxylic acid groups (broad SMARTS) is 1. The van der Waals surface area contributed by atoms with Crippen molar-refractivity contribution >= 4 is 64.5 Å². The second-order valence-corrected chi connectivity index (χ2v) is 10.8. The Kier molecular flexibility index (Phi) is 7.42. The summed E-state index contributed by atoms with van der Waals surface area (Å²) >= 11 is 14.9. The molecule has 0 bridgehead atoms. The molecule has 8 nitrogen and oxygen atoms in total. The van der Waals surface area contributed by atoms with Crippen molar-refractivity contribution < 1.29 is 29.7 Å². The molecule has 1 fully saturated rings. The van der Waals surface area contributed by atoms with Gasteiger partial charge in [-0.05, 0) is 41.8 Å². The summed E-state index contributed by atoms with van der Waals surface area (Å²) in [4.78, 5) is 39.3. The Morgan fingerprint density at radius 3 is 2.68 bits per heavy atom. The normalized spacial score (nSPS) is 22.2. The molecule has 2 aliphatic heterocycles. The molecule has 3 aliphatic rings. The molecule has 2 amide bonds. The van der Waals surface area contributed by atoms with E-state index in [0.29, 0.717) is 32.7 Å². The highest BCUT2D eigenvalue weighted by molar-refractivity contribution is 8.01. The first-order valence-electron chi connectivity index (χ1n) is 10.2. The van der Waals surface area contributed by atoms with Gasteiger partial charge in [0.2, 0.25) is 5.91 Å². The van der Waals surface area contributed by atoms with Gasteiger partial charge in [0.25, 0.3) is 5.91 Å². The van der Waals surface area contributed by atoms with Crippen molar-refractivity contribution in [3.8, 4) is 0 Å². The molecule has 0 radical (unpaired) electrons. The summed E-state index contributed by atoms with van der Waals surface area (Å²) in [5, 5.41) is 32.3. The zero-order valence-electron chi connectivity index (χ0n) is 17.6. The Hall–Kier alpha value is -2.27. The highest BCUT2D eigenvalue weighted by Crippen LogP contribution is 2.42. The van der Waals surface area contributed by atoms with Crippen molar-refractivity contribution in [1.29, 1.82) is 0 Å². The summed E-state index contributed by atoms with van der Waals surface area (Å²) in [6.07, 6.45) is 1.64. The van der Waals surface area contributed by atoms with Crippen molar-refractivity contribution in [2.45, 2.75) is 35.6 Å². The highest BCUT2D eigenvalue weighted by Gasteiger charge is 2.54. The maximum atomic E-state index is 12.8. The molecule has 1 unspecified atom stereocenters. The third-order valence-corrected chi connectivity index (χ3v) is 8.74. The summed E-state index contributed by atoms with van der Waals surface area (Å²) in [7, 11) is 0. The predicted octanol–water partition coefficient (Wildman–Crippen LogP) is 4.26. The fourth-order valence-corrected chi connectivity index (χ4v) is 6.85. The van der Waals surface area contributed by atoms with Gasteiger partial charge in [-0.1, -0.05) is 23.2 Å². The van der Waals surface area contributed by atoms with Gasteiger partial charge in [-0.2, -0.15) is 0 Å². The number of carbonyl (C=O) groups excluding carboxylic acids is 2. The van der Waals surface area contributed by atoms with Crippen molar-refractivity contribution in [1.82, 2.24) is 10.2 Å². The Labute approximate surface area is 213 Å². The Morgan fingerprint density at radius 2 is 2.00 bits per heavy atom. The molecule has 0 spiro atoms. The van der Waals surface area contributed by atoms with E-state index in [-0.39, 0.29) is 36.5 Å². The molecule has 0 saturated carbocycles. The molecular formula is C22H20Cl2N2O6S2. The number of carboxylic acids is 1. The van der Waals surface area contributed by atoms with Gasteiger partial charge in [0.05, 0.1) is 29.4 Å². The third-order valence-electron chi connectivity index (χ3n) is 5.58.